The Morgan fingerprint density at radius 3 is 2.71 bits per heavy atom. The summed E-state index contributed by atoms with van der Waals surface area (Å²) >= 11 is 3.39. The van der Waals surface area contributed by atoms with Crippen LogP contribution in [-0.2, 0) is 16.0 Å². The quantitative estimate of drug-likeness (QED) is 0.220. The molecule has 8 nitrogen and oxygen atoms in total. The lowest BCUT2D eigenvalue weighted by atomic mass is 10.1. The second-order valence-corrected chi connectivity index (χ2v) is 8.12. The van der Waals surface area contributed by atoms with Crippen molar-refractivity contribution in [2.24, 2.45) is 5.10 Å². The number of rotatable bonds is 10. The number of fused-ring (bicyclic) bond motifs is 1. The Bertz CT molecular complexity index is 1300. The molecule has 0 amide bonds. The third-order valence-electron chi connectivity index (χ3n) is 4.75. The van der Waals surface area contributed by atoms with Gasteiger partial charge in [-0.1, -0.05) is 22.0 Å². The molecule has 0 radical (unpaired) electrons. The van der Waals surface area contributed by atoms with E-state index >= 15 is 0 Å². The van der Waals surface area contributed by atoms with Gasteiger partial charge in [-0.25, -0.2) is 9.78 Å². The molecule has 3 aromatic rings. The molecule has 1 aromatic heterocycles. The Labute approximate surface area is 206 Å². The average Bonchev–Trinajstić information content (AvgIpc) is 2.79. The van der Waals surface area contributed by atoms with Crippen LogP contribution in [0.25, 0.3) is 10.9 Å². The van der Waals surface area contributed by atoms with E-state index < -0.39 is 5.97 Å². The smallest absolute Gasteiger partial charge is 0.344 e. The van der Waals surface area contributed by atoms with Crippen LogP contribution in [-0.4, -0.2) is 41.7 Å². The van der Waals surface area contributed by atoms with Crippen molar-refractivity contribution in [1.29, 1.82) is 0 Å². The highest BCUT2D eigenvalue weighted by atomic mass is 79.9. The molecule has 0 aliphatic rings. The van der Waals surface area contributed by atoms with Gasteiger partial charge in [0, 0.05) is 10.0 Å². The molecular weight excluding hydrogens is 502 g/mol. The predicted molar refractivity (Wildman–Crippen MR) is 135 cm³/mol. The van der Waals surface area contributed by atoms with Crippen LogP contribution < -0.4 is 15.0 Å². The van der Waals surface area contributed by atoms with Crippen LogP contribution >= 0.6 is 15.9 Å². The minimum atomic E-state index is -0.467. The molecule has 0 N–H and O–H groups in total. The number of aromatic nitrogens is 2. The van der Waals surface area contributed by atoms with Gasteiger partial charge in [0.15, 0.2) is 18.1 Å². The molecule has 0 bridgehead atoms. The lowest BCUT2D eigenvalue weighted by Gasteiger charge is -2.16. The van der Waals surface area contributed by atoms with Gasteiger partial charge in [-0.3, -0.25) is 4.79 Å². The highest BCUT2D eigenvalue weighted by molar-refractivity contribution is 9.10. The summed E-state index contributed by atoms with van der Waals surface area (Å²) in [5, 5.41) is 4.85. The van der Waals surface area contributed by atoms with Crippen LogP contribution in [0.4, 0.5) is 0 Å². The Hall–Kier alpha value is -3.46. The van der Waals surface area contributed by atoms with E-state index in [0.29, 0.717) is 46.8 Å². The molecule has 0 aliphatic heterocycles. The van der Waals surface area contributed by atoms with Crippen molar-refractivity contribution in [3.05, 3.63) is 74.8 Å². The molecule has 178 valence electrons. The first-order valence-electron chi connectivity index (χ1n) is 10.8. The molecule has 0 fully saturated rings. The Kier molecular flexibility index (Phi) is 8.59. The normalized spacial score (nSPS) is 11.1. The molecule has 0 aliphatic carbocycles. The summed E-state index contributed by atoms with van der Waals surface area (Å²) in [6, 6.07) is 8.93. The molecule has 0 saturated heterocycles. The lowest BCUT2D eigenvalue weighted by molar-refractivity contribution is -0.145. The SMILES string of the molecule is C=CCc1cc(C=Nn2c(C)nc3ccc(Br)cc3c2=O)cc(OCC)c1OCC(=O)OCC. The number of aryl methyl sites for hydroxylation is 1. The number of halogens is 1. The van der Waals surface area contributed by atoms with Gasteiger partial charge < -0.3 is 14.2 Å². The zero-order valence-corrected chi connectivity index (χ0v) is 20.9. The van der Waals surface area contributed by atoms with Crippen molar-refractivity contribution in [2.75, 3.05) is 19.8 Å². The standard InChI is InChI=1S/C25H26BrN3O5/c1-5-8-18-11-17(12-22(32-6-2)24(18)34-15-23(30)33-7-3)14-27-29-16(4)28-21-10-9-19(26)13-20(21)25(29)31/h5,9-14H,1,6-8,15H2,2-4H3. The first kappa shape index (κ1) is 25.2. The number of esters is 1. The molecule has 0 atom stereocenters. The number of carbonyl (C=O) groups is 1. The van der Waals surface area contributed by atoms with E-state index in [2.05, 4.69) is 32.6 Å². The maximum Gasteiger partial charge on any atom is 0.344 e. The third-order valence-corrected chi connectivity index (χ3v) is 5.24. The molecule has 2 aromatic carbocycles. The van der Waals surface area contributed by atoms with Crippen molar-refractivity contribution < 1.29 is 19.0 Å². The summed E-state index contributed by atoms with van der Waals surface area (Å²) in [6.45, 7) is 9.54. The van der Waals surface area contributed by atoms with E-state index in [4.69, 9.17) is 14.2 Å². The number of hydrogen-bond donors (Lipinski definition) is 0. The fraction of sp³-hybridized carbons (Fsp3) is 0.280. The second-order valence-electron chi connectivity index (χ2n) is 7.21. The van der Waals surface area contributed by atoms with Crippen LogP contribution in [0.5, 0.6) is 11.5 Å². The number of carbonyl (C=O) groups excluding carboxylic acids is 1. The van der Waals surface area contributed by atoms with Crippen molar-refractivity contribution >= 4 is 39.0 Å². The highest BCUT2D eigenvalue weighted by Crippen LogP contribution is 2.33. The summed E-state index contributed by atoms with van der Waals surface area (Å²) in [5.74, 6) is 0.891. The number of nitrogens with zero attached hydrogens (tertiary/aromatic N) is 3. The minimum Gasteiger partial charge on any atom is -0.490 e. The average molecular weight is 528 g/mol. The molecule has 0 saturated carbocycles. The van der Waals surface area contributed by atoms with Crippen LogP contribution in [0.3, 0.4) is 0 Å². The number of hydrogen-bond acceptors (Lipinski definition) is 7. The van der Waals surface area contributed by atoms with E-state index in [1.807, 2.05) is 19.1 Å². The largest absolute Gasteiger partial charge is 0.490 e. The van der Waals surface area contributed by atoms with Crippen molar-refractivity contribution in [1.82, 2.24) is 9.66 Å². The zero-order chi connectivity index (χ0) is 24.7. The third kappa shape index (κ3) is 5.91. The van der Waals surface area contributed by atoms with Gasteiger partial charge in [-0.2, -0.15) is 9.78 Å². The van der Waals surface area contributed by atoms with Gasteiger partial charge in [0.2, 0.25) is 0 Å². The summed E-state index contributed by atoms with van der Waals surface area (Å²) in [7, 11) is 0. The van der Waals surface area contributed by atoms with Crippen molar-refractivity contribution in [2.45, 2.75) is 27.2 Å². The molecular formula is C25H26BrN3O5. The fourth-order valence-electron chi connectivity index (χ4n) is 3.35. The first-order valence-corrected chi connectivity index (χ1v) is 11.6. The molecule has 34 heavy (non-hydrogen) atoms. The summed E-state index contributed by atoms with van der Waals surface area (Å²) in [4.78, 5) is 29.3. The van der Waals surface area contributed by atoms with Crippen molar-refractivity contribution in [3.63, 3.8) is 0 Å². The van der Waals surface area contributed by atoms with Gasteiger partial charge in [-0.05, 0) is 63.1 Å². The molecule has 9 heteroatoms. The minimum absolute atomic E-state index is 0.238. The van der Waals surface area contributed by atoms with Crippen molar-refractivity contribution in [3.8, 4) is 11.5 Å². The number of benzene rings is 2. The Balaban J connectivity index is 2.02. The van der Waals surface area contributed by atoms with E-state index in [1.54, 1.807) is 44.3 Å². The van der Waals surface area contributed by atoms with Gasteiger partial charge in [0.1, 0.15) is 5.82 Å². The van der Waals surface area contributed by atoms with Gasteiger partial charge in [-0.15, -0.1) is 6.58 Å². The molecule has 1 heterocycles. The van der Waals surface area contributed by atoms with Gasteiger partial charge in [0.05, 0.1) is 30.3 Å². The summed E-state index contributed by atoms with van der Waals surface area (Å²) < 4.78 is 18.5. The monoisotopic (exact) mass is 527 g/mol. The number of ether oxygens (including phenoxy) is 3. The lowest BCUT2D eigenvalue weighted by Crippen LogP contribution is -2.20. The maximum absolute atomic E-state index is 13.0. The van der Waals surface area contributed by atoms with Crippen LogP contribution in [0.2, 0.25) is 0 Å². The van der Waals surface area contributed by atoms with Gasteiger partial charge >= 0.3 is 5.97 Å². The summed E-state index contributed by atoms with van der Waals surface area (Å²) in [6.07, 6.45) is 3.76. The van der Waals surface area contributed by atoms with E-state index in [9.17, 15) is 9.59 Å². The van der Waals surface area contributed by atoms with Gasteiger partial charge in [0.25, 0.3) is 5.56 Å². The topological polar surface area (TPSA) is 92.0 Å². The second kappa shape index (κ2) is 11.6. The van der Waals surface area contributed by atoms with E-state index in [1.165, 1.54) is 4.68 Å². The molecule has 0 spiro atoms. The Morgan fingerprint density at radius 1 is 1.21 bits per heavy atom. The van der Waals surface area contributed by atoms with Crippen LogP contribution in [0.15, 0.2) is 57.4 Å². The van der Waals surface area contributed by atoms with Crippen LogP contribution in [0.1, 0.15) is 30.8 Å². The predicted octanol–water partition coefficient (Wildman–Crippen LogP) is 4.42. The first-order chi connectivity index (χ1) is 16.4. The molecule has 3 rings (SSSR count). The van der Waals surface area contributed by atoms with E-state index in [0.717, 1.165) is 10.0 Å². The van der Waals surface area contributed by atoms with E-state index in [-0.39, 0.29) is 18.8 Å². The Morgan fingerprint density at radius 2 is 2.00 bits per heavy atom. The fourth-order valence-corrected chi connectivity index (χ4v) is 3.71. The number of allylic oxidation sites excluding steroid dienone is 1. The molecule has 0 unspecified atom stereocenters. The summed E-state index contributed by atoms with van der Waals surface area (Å²) in [5.41, 5.74) is 1.78. The zero-order valence-electron chi connectivity index (χ0n) is 19.3. The highest BCUT2D eigenvalue weighted by Gasteiger charge is 2.15. The van der Waals surface area contributed by atoms with Crippen LogP contribution in [0, 0.1) is 6.92 Å². The maximum atomic E-state index is 13.0.